The van der Waals surface area contributed by atoms with E-state index in [1.54, 1.807) is 12.1 Å². The van der Waals surface area contributed by atoms with Crippen molar-refractivity contribution >= 4 is 28.8 Å². The maximum Gasteiger partial charge on any atom is 0.129 e. The van der Waals surface area contributed by atoms with E-state index in [4.69, 9.17) is 34.3 Å². The number of ether oxygens (including phenoxy) is 1. The van der Waals surface area contributed by atoms with Gasteiger partial charge in [-0.3, -0.25) is 0 Å². The van der Waals surface area contributed by atoms with Crippen LogP contribution in [-0.2, 0) is 0 Å². The molecule has 1 rings (SSSR count). The van der Waals surface area contributed by atoms with Crippen molar-refractivity contribution in [2.45, 2.75) is 26.7 Å². The molecule has 0 saturated carbocycles. The fourth-order valence-electron chi connectivity index (χ4n) is 1.63. The number of nitrogens with two attached hydrogens (primary N) is 1. The topological polar surface area (TPSA) is 35.2 Å². The van der Waals surface area contributed by atoms with Crippen LogP contribution in [0.15, 0.2) is 18.2 Å². The molecular weight excluding hydrogens is 254 g/mol. The number of rotatable bonds is 6. The average molecular weight is 272 g/mol. The summed E-state index contributed by atoms with van der Waals surface area (Å²) in [6.45, 7) is 5.00. The Kier molecular flexibility index (Phi) is 5.72. The van der Waals surface area contributed by atoms with E-state index in [0.717, 1.165) is 12.8 Å². The average Bonchev–Trinajstić information content (AvgIpc) is 2.27. The smallest absolute Gasteiger partial charge is 0.129 e. The SMILES string of the molecule is CCCC(C)COc1ccc(Cl)cc1C(N)=S. The molecule has 1 unspecified atom stereocenters. The van der Waals surface area contributed by atoms with Crippen LogP contribution >= 0.6 is 23.8 Å². The van der Waals surface area contributed by atoms with Crippen molar-refractivity contribution in [2.24, 2.45) is 11.7 Å². The second-order valence-corrected chi connectivity index (χ2v) is 5.09. The molecule has 2 nitrogen and oxygen atoms in total. The van der Waals surface area contributed by atoms with E-state index in [1.165, 1.54) is 0 Å². The van der Waals surface area contributed by atoms with E-state index in [0.29, 0.717) is 33.8 Å². The summed E-state index contributed by atoms with van der Waals surface area (Å²) in [6.07, 6.45) is 2.31. The van der Waals surface area contributed by atoms with Crippen LogP contribution in [0, 0.1) is 5.92 Å². The molecule has 0 aromatic heterocycles. The molecule has 0 fully saturated rings. The summed E-state index contributed by atoms with van der Waals surface area (Å²) >= 11 is 10.9. The third-order valence-electron chi connectivity index (χ3n) is 2.51. The molecule has 1 aromatic carbocycles. The molecule has 0 saturated heterocycles. The summed E-state index contributed by atoms with van der Waals surface area (Å²) in [6, 6.07) is 5.34. The molecule has 4 heteroatoms. The van der Waals surface area contributed by atoms with Gasteiger partial charge in [-0.05, 0) is 30.5 Å². The van der Waals surface area contributed by atoms with Gasteiger partial charge < -0.3 is 10.5 Å². The van der Waals surface area contributed by atoms with Crippen molar-refractivity contribution < 1.29 is 4.74 Å². The molecule has 1 aromatic rings. The van der Waals surface area contributed by atoms with Gasteiger partial charge in [0, 0.05) is 5.02 Å². The number of hydrogen-bond acceptors (Lipinski definition) is 2. The predicted molar refractivity (Wildman–Crippen MR) is 76.9 cm³/mol. The molecular formula is C13H18ClNOS. The van der Waals surface area contributed by atoms with Crippen LogP contribution in [0.1, 0.15) is 32.3 Å². The van der Waals surface area contributed by atoms with Crippen molar-refractivity contribution in [1.82, 2.24) is 0 Å². The summed E-state index contributed by atoms with van der Waals surface area (Å²) in [5.74, 6) is 1.24. The maximum atomic E-state index is 5.90. The normalized spacial score (nSPS) is 12.2. The van der Waals surface area contributed by atoms with Crippen molar-refractivity contribution in [2.75, 3.05) is 6.61 Å². The standard InChI is InChI=1S/C13H18ClNOS/c1-3-4-9(2)8-16-12-6-5-10(14)7-11(12)13(15)17/h5-7,9H,3-4,8H2,1-2H3,(H2,15,17). The van der Waals surface area contributed by atoms with Gasteiger partial charge in [0.05, 0.1) is 12.2 Å². The lowest BCUT2D eigenvalue weighted by Gasteiger charge is -2.14. The highest BCUT2D eigenvalue weighted by molar-refractivity contribution is 7.80. The van der Waals surface area contributed by atoms with Gasteiger partial charge in [-0.25, -0.2) is 0 Å². The maximum absolute atomic E-state index is 5.90. The first-order chi connectivity index (χ1) is 8.04. The monoisotopic (exact) mass is 271 g/mol. The highest BCUT2D eigenvalue weighted by Gasteiger charge is 2.09. The molecule has 0 aliphatic carbocycles. The Bertz CT molecular complexity index is 395. The van der Waals surface area contributed by atoms with Crippen molar-refractivity contribution in [3.63, 3.8) is 0 Å². The van der Waals surface area contributed by atoms with Crippen LogP contribution in [0.4, 0.5) is 0 Å². The zero-order chi connectivity index (χ0) is 12.8. The first-order valence-electron chi connectivity index (χ1n) is 5.76. The number of thiocarbonyl (C=S) groups is 1. The Morgan fingerprint density at radius 2 is 2.24 bits per heavy atom. The minimum Gasteiger partial charge on any atom is -0.493 e. The fraction of sp³-hybridized carbons (Fsp3) is 0.462. The Labute approximate surface area is 113 Å². The van der Waals surface area contributed by atoms with E-state index in [1.807, 2.05) is 6.07 Å². The first kappa shape index (κ1) is 14.3. The van der Waals surface area contributed by atoms with Crippen LogP contribution in [0.5, 0.6) is 5.75 Å². The van der Waals surface area contributed by atoms with Crippen molar-refractivity contribution in [3.8, 4) is 5.75 Å². The number of benzene rings is 1. The summed E-state index contributed by atoms with van der Waals surface area (Å²) in [5.41, 5.74) is 6.35. The molecule has 0 bridgehead atoms. The van der Waals surface area contributed by atoms with Crippen molar-refractivity contribution in [3.05, 3.63) is 28.8 Å². The van der Waals surface area contributed by atoms with Gasteiger partial charge in [0.1, 0.15) is 10.7 Å². The second kappa shape index (κ2) is 6.82. The highest BCUT2D eigenvalue weighted by Crippen LogP contribution is 2.23. The van der Waals surface area contributed by atoms with Crippen LogP contribution in [0.25, 0.3) is 0 Å². The molecule has 0 aliphatic rings. The third kappa shape index (κ3) is 4.52. The number of hydrogen-bond donors (Lipinski definition) is 1. The van der Waals surface area contributed by atoms with Gasteiger partial charge in [-0.1, -0.05) is 44.1 Å². The zero-order valence-corrected chi connectivity index (χ0v) is 11.8. The summed E-state index contributed by atoms with van der Waals surface area (Å²) < 4.78 is 5.74. The lowest BCUT2D eigenvalue weighted by molar-refractivity contribution is 0.251. The van der Waals surface area contributed by atoms with Gasteiger partial charge in [0.2, 0.25) is 0 Å². The Hall–Kier alpha value is -0.800. The third-order valence-corrected chi connectivity index (χ3v) is 2.97. The molecule has 94 valence electrons. The van der Waals surface area contributed by atoms with Gasteiger partial charge in [0.25, 0.3) is 0 Å². The van der Waals surface area contributed by atoms with Gasteiger partial charge in [-0.2, -0.15) is 0 Å². The van der Waals surface area contributed by atoms with E-state index < -0.39 is 0 Å². The molecule has 0 amide bonds. The summed E-state index contributed by atoms with van der Waals surface area (Å²) in [5, 5.41) is 0.613. The van der Waals surface area contributed by atoms with E-state index >= 15 is 0 Å². The van der Waals surface area contributed by atoms with Gasteiger partial charge >= 0.3 is 0 Å². The molecule has 2 N–H and O–H groups in total. The Balaban J connectivity index is 2.73. The van der Waals surface area contributed by atoms with E-state index in [2.05, 4.69) is 13.8 Å². The largest absolute Gasteiger partial charge is 0.493 e. The minimum absolute atomic E-state index is 0.311. The van der Waals surface area contributed by atoms with Gasteiger partial charge in [0.15, 0.2) is 0 Å². The fourth-order valence-corrected chi connectivity index (χ4v) is 1.96. The molecule has 0 spiro atoms. The molecule has 0 heterocycles. The van der Waals surface area contributed by atoms with Crippen molar-refractivity contribution in [1.29, 1.82) is 0 Å². The van der Waals surface area contributed by atoms with Crippen LogP contribution in [0.3, 0.4) is 0 Å². The van der Waals surface area contributed by atoms with E-state index in [9.17, 15) is 0 Å². The molecule has 17 heavy (non-hydrogen) atoms. The first-order valence-corrected chi connectivity index (χ1v) is 6.55. The Morgan fingerprint density at radius 3 is 2.82 bits per heavy atom. The van der Waals surface area contributed by atoms with Gasteiger partial charge in [-0.15, -0.1) is 0 Å². The highest BCUT2D eigenvalue weighted by atomic mass is 35.5. The molecule has 0 radical (unpaired) electrons. The quantitative estimate of drug-likeness (QED) is 0.800. The minimum atomic E-state index is 0.311. The lowest BCUT2D eigenvalue weighted by atomic mass is 10.1. The van der Waals surface area contributed by atoms with E-state index in [-0.39, 0.29) is 0 Å². The second-order valence-electron chi connectivity index (χ2n) is 4.21. The lowest BCUT2D eigenvalue weighted by Crippen LogP contribution is -2.14. The predicted octanol–water partition coefficient (Wildman–Crippen LogP) is 3.79. The number of halogens is 1. The summed E-state index contributed by atoms with van der Waals surface area (Å²) in [7, 11) is 0. The van der Waals surface area contributed by atoms with Crippen LogP contribution in [0.2, 0.25) is 5.02 Å². The van der Waals surface area contributed by atoms with Crippen LogP contribution < -0.4 is 10.5 Å². The van der Waals surface area contributed by atoms with Crippen LogP contribution in [-0.4, -0.2) is 11.6 Å². The zero-order valence-electron chi connectivity index (χ0n) is 10.2. The Morgan fingerprint density at radius 1 is 1.53 bits per heavy atom. The summed E-state index contributed by atoms with van der Waals surface area (Å²) in [4.78, 5) is 0.311. The molecule has 1 atom stereocenters. The molecule has 0 aliphatic heterocycles.